The van der Waals surface area contributed by atoms with Crippen LogP contribution in [0.15, 0.2) is 30.3 Å². The predicted molar refractivity (Wildman–Crippen MR) is 138 cm³/mol. The number of fused-ring (bicyclic) bond motifs is 1. The Balaban J connectivity index is 1.88. The van der Waals surface area contributed by atoms with E-state index in [0.717, 1.165) is 46.6 Å². The van der Waals surface area contributed by atoms with E-state index in [4.69, 9.17) is 4.74 Å². The van der Waals surface area contributed by atoms with Gasteiger partial charge in [-0.25, -0.2) is 4.39 Å². The Bertz CT molecular complexity index is 1070. The van der Waals surface area contributed by atoms with Crippen LogP contribution in [0.1, 0.15) is 49.4 Å². The van der Waals surface area contributed by atoms with Crippen molar-refractivity contribution in [1.82, 2.24) is 4.90 Å². The summed E-state index contributed by atoms with van der Waals surface area (Å²) in [6.07, 6.45) is 1.11. The van der Waals surface area contributed by atoms with Gasteiger partial charge in [-0.2, -0.15) is 0 Å². The predicted octanol–water partition coefficient (Wildman–Crippen LogP) is 4.84. The van der Waals surface area contributed by atoms with E-state index >= 15 is 0 Å². The van der Waals surface area contributed by atoms with Gasteiger partial charge in [-0.15, -0.1) is 0 Å². The SMILES string of the molecule is Cc1cc(N2CCc3cc(F)ccc3C2)cc(C)c1N(COC(=O)CN(C)C)C(=O)CC(C)(C)C. The maximum absolute atomic E-state index is 13.6. The number of likely N-dealkylation sites (N-methyl/N-ethyl adjacent to an activating group) is 1. The van der Waals surface area contributed by atoms with Crippen LogP contribution >= 0.6 is 0 Å². The number of hydrogen-bond donors (Lipinski definition) is 0. The molecule has 1 heterocycles. The number of nitrogens with zero attached hydrogens (tertiary/aromatic N) is 3. The molecule has 0 saturated carbocycles. The van der Waals surface area contributed by atoms with Gasteiger partial charge in [-0.05, 0) is 86.3 Å². The molecule has 0 aliphatic carbocycles. The number of carbonyl (C=O) groups excluding carboxylic acids is 2. The third-order valence-corrected chi connectivity index (χ3v) is 6.07. The molecule has 0 bridgehead atoms. The van der Waals surface area contributed by atoms with Crippen molar-refractivity contribution in [1.29, 1.82) is 0 Å². The van der Waals surface area contributed by atoms with Crippen molar-refractivity contribution in [3.8, 4) is 0 Å². The Labute approximate surface area is 208 Å². The molecule has 7 heteroatoms. The van der Waals surface area contributed by atoms with Crippen molar-refractivity contribution >= 4 is 23.3 Å². The number of anilines is 2. The molecule has 6 nitrogen and oxygen atoms in total. The van der Waals surface area contributed by atoms with E-state index in [9.17, 15) is 14.0 Å². The number of carbonyl (C=O) groups is 2. The Morgan fingerprint density at radius 3 is 2.31 bits per heavy atom. The van der Waals surface area contributed by atoms with E-state index in [-0.39, 0.29) is 36.4 Å². The summed E-state index contributed by atoms with van der Waals surface area (Å²) in [5, 5.41) is 0. The summed E-state index contributed by atoms with van der Waals surface area (Å²) in [7, 11) is 3.60. The lowest BCUT2D eigenvalue weighted by Gasteiger charge is -2.33. The number of rotatable bonds is 7. The first-order chi connectivity index (χ1) is 16.3. The van der Waals surface area contributed by atoms with Crippen LogP contribution in [-0.4, -0.2) is 50.7 Å². The van der Waals surface area contributed by atoms with E-state index in [0.29, 0.717) is 13.0 Å². The minimum Gasteiger partial charge on any atom is -0.443 e. The molecule has 0 saturated heterocycles. The van der Waals surface area contributed by atoms with E-state index in [1.807, 2.05) is 40.7 Å². The van der Waals surface area contributed by atoms with Gasteiger partial charge >= 0.3 is 5.97 Å². The standard InChI is InChI=1S/C28H38FN3O3/c1-19-12-24(31-11-10-21-14-23(29)9-8-22(21)16-31)13-20(2)27(19)32(25(33)15-28(3,4)5)18-35-26(34)17-30(6)7/h8-9,12-14H,10-11,15-18H2,1-7H3. The van der Waals surface area contributed by atoms with Crippen LogP contribution in [0.2, 0.25) is 0 Å². The highest BCUT2D eigenvalue weighted by molar-refractivity contribution is 5.95. The van der Waals surface area contributed by atoms with Gasteiger partial charge in [0.2, 0.25) is 5.91 Å². The van der Waals surface area contributed by atoms with Gasteiger partial charge in [0, 0.05) is 25.2 Å². The Morgan fingerprint density at radius 2 is 1.71 bits per heavy atom. The summed E-state index contributed by atoms with van der Waals surface area (Å²) in [5.74, 6) is -0.651. The highest BCUT2D eigenvalue weighted by atomic mass is 19.1. The second-order valence-corrected chi connectivity index (χ2v) is 11.0. The van der Waals surface area contributed by atoms with Crippen molar-refractivity contribution in [2.75, 3.05) is 43.7 Å². The second-order valence-electron chi connectivity index (χ2n) is 11.0. The van der Waals surface area contributed by atoms with Gasteiger partial charge in [0.1, 0.15) is 5.82 Å². The van der Waals surface area contributed by atoms with E-state index in [2.05, 4.69) is 17.0 Å². The molecule has 2 aromatic rings. The van der Waals surface area contributed by atoms with Gasteiger partial charge in [0.25, 0.3) is 0 Å². The summed E-state index contributed by atoms with van der Waals surface area (Å²) in [6.45, 7) is 11.6. The highest BCUT2D eigenvalue weighted by Crippen LogP contribution is 2.34. The molecule has 2 aromatic carbocycles. The smallest absolute Gasteiger partial charge is 0.321 e. The van der Waals surface area contributed by atoms with E-state index in [1.165, 1.54) is 6.07 Å². The first-order valence-corrected chi connectivity index (χ1v) is 12.1. The van der Waals surface area contributed by atoms with Crippen molar-refractivity contribution < 1.29 is 18.7 Å². The summed E-state index contributed by atoms with van der Waals surface area (Å²) in [6, 6.07) is 9.16. The number of ether oxygens (including phenoxy) is 1. The van der Waals surface area contributed by atoms with Gasteiger partial charge in [0.15, 0.2) is 6.73 Å². The molecule has 0 spiro atoms. The topological polar surface area (TPSA) is 53.1 Å². The number of esters is 1. The highest BCUT2D eigenvalue weighted by Gasteiger charge is 2.27. The zero-order valence-corrected chi connectivity index (χ0v) is 22.1. The van der Waals surface area contributed by atoms with Crippen LogP contribution in [-0.2, 0) is 27.3 Å². The van der Waals surface area contributed by atoms with Gasteiger partial charge in [-0.3, -0.25) is 19.4 Å². The fourth-order valence-electron chi connectivity index (χ4n) is 4.53. The molecule has 0 radical (unpaired) electrons. The molecular formula is C28H38FN3O3. The molecule has 0 atom stereocenters. The third kappa shape index (κ3) is 7.04. The average Bonchev–Trinajstić information content (AvgIpc) is 2.73. The molecule has 0 N–H and O–H groups in total. The Hall–Kier alpha value is -2.93. The van der Waals surface area contributed by atoms with Gasteiger partial charge < -0.3 is 9.64 Å². The normalized spacial score (nSPS) is 13.6. The lowest BCUT2D eigenvalue weighted by Crippen LogP contribution is -2.38. The number of amides is 1. The molecule has 3 rings (SSSR count). The van der Waals surface area contributed by atoms with Crippen molar-refractivity contribution in [2.45, 2.75) is 54.0 Å². The quantitative estimate of drug-likeness (QED) is 0.417. The zero-order chi connectivity index (χ0) is 25.9. The molecular weight excluding hydrogens is 445 g/mol. The first-order valence-electron chi connectivity index (χ1n) is 12.1. The molecule has 35 heavy (non-hydrogen) atoms. The Kier molecular flexibility index (Phi) is 8.21. The molecule has 1 amide bonds. The fourth-order valence-corrected chi connectivity index (χ4v) is 4.53. The molecule has 0 aromatic heterocycles. The molecule has 1 aliphatic heterocycles. The largest absolute Gasteiger partial charge is 0.443 e. The number of benzene rings is 2. The molecule has 190 valence electrons. The molecule has 0 fully saturated rings. The van der Waals surface area contributed by atoms with Gasteiger partial charge in [-0.1, -0.05) is 26.8 Å². The summed E-state index contributed by atoms with van der Waals surface area (Å²) >= 11 is 0. The first kappa shape index (κ1) is 26.7. The zero-order valence-electron chi connectivity index (χ0n) is 22.1. The molecule has 1 aliphatic rings. The van der Waals surface area contributed by atoms with Crippen LogP contribution in [0.4, 0.5) is 15.8 Å². The maximum Gasteiger partial charge on any atom is 0.321 e. The third-order valence-electron chi connectivity index (χ3n) is 6.07. The van der Waals surface area contributed by atoms with E-state index in [1.54, 1.807) is 30.0 Å². The van der Waals surface area contributed by atoms with Crippen molar-refractivity contribution in [3.63, 3.8) is 0 Å². The number of halogens is 1. The van der Waals surface area contributed by atoms with Crippen LogP contribution in [0.25, 0.3) is 0 Å². The summed E-state index contributed by atoms with van der Waals surface area (Å²) in [4.78, 5) is 31.2. The van der Waals surface area contributed by atoms with Crippen LogP contribution in [0.5, 0.6) is 0 Å². The Morgan fingerprint density at radius 1 is 1.06 bits per heavy atom. The minimum atomic E-state index is -0.376. The second kappa shape index (κ2) is 10.8. The van der Waals surface area contributed by atoms with Crippen LogP contribution in [0.3, 0.4) is 0 Å². The summed E-state index contributed by atoms with van der Waals surface area (Å²) < 4.78 is 19.1. The fraction of sp³-hybridized carbons (Fsp3) is 0.500. The average molecular weight is 484 g/mol. The van der Waals surface area contributed by atoms with E-state index < -0.39 is 0 Å². The maximum atomic E-state index is 13.6. The lowest BCUT2D eigenvalue weighted by molar-refractivity contribution is -0.144. The lowest BCUT2D eigenvalue weighted by atomic mass is 9.91. The minimum absolute atomic E-state index is 0.0805. The molecule has 0 unspecified atom stereocenters. The summed E-state index contributed by atoms with van der Waals surface area (Å²) in [5.41, 5.74) is 5.71. The monoisotopic (exact) mass is 483 g/mol. The van der Waals surface area contributed by atoms with Crippen LogP contribution in [0, 0.1) is 25.1 Å². The van der Waals surface area contributed by atoms with Crippen LogP contribution < -0.4 is 9.80 Å². The van der Waals surface area contributed by atoms with Crippen molar-refractivity contribution in [3.05, 3.63) is 58.4 Å². The van der Waals surface area contributed by atoms with Gasteiger partial charge in [0.05, 0.1) is 12.2 Å². The van der Waals surface area contributed by atoms with Crippen molar-refractivity contribution in [2.24, 2.45) is 5.41 Å². The number of aryl methyl sites for hydroxylation is 2. The number of hydrogen-bond acceptors (Lipinski definition) is 5.